The third-order valence-electron chi connectivity index (χ3n) is 5.98. The van der Waals surface area contributed by atoms with Gasteiger partial charge in [0.1, 0.15) is 0 Å². The Hall–Kier alpha value is -2.53. The Labute approximate surface area is 210 Å². The fourth-order valence-corrected chi connectivity index (χ4v) is 5.43. The molecule has 1 aliphatic carbocycles. The van der Waals surface area contributed by atoms with Gasteiger partial charge in [0.25, 0.3) is 0 Å². The zero-order valence-electron chi connectivity index (χ0n) is 18.7. The minimum absolute atomic E-state index is 0.0598. The molecule has 2 heterocycles. The summed E-state index contributed by atoms with van der Waals surface area (Å²) in [4.78, 5) is 13.3. The number of aliphatic hydroxyl groups excluding tert-OH is 1. The summed E-state index contributed by atoms with van der Waals surface area (Å²) in [6, 6.07) is 7.86. The van der Waals surface area contributed by atoms with Crippen molar-refractivity contribution in [2.75, 3.05) is 12.4 Å². The van der Waals surface area contributed by atoms with Gasteiger partial charge in [0.2, 0.25) is 0 Å². The summed E-state index contributed by atoms with van der Waals surface area (Å²) in [5, 5.41) is 22.8. The van der Waals surface area contributed by atoms with E-state index in [4.69, 9.17) is 4.74 Å². The molecule has 0 aliphatic heterocycles. The molecule has 1 fully saturated rings. The normalized spacial score (nSPS) is 16.5. The van der Waals surface area contributed by atoms with Crippen LogP contribution in [0.2, 0.25) is 0 Å². The van der Waals surface area contributed by atoms with Crippen LogP contribution in [-0.2, 0) is 11.3 Å². The molecule has 34 heavy (non-hydrogen) atoms. The van der Waals surface area contributed by atoms with Crippen LogP contribution < -0.4 is 10.1 Å². The number of methoxy groups -OCH3 is 1. The number of halogens is 3. The third kappa shape index (κ3) is 4.19. The van der Waals surface area contributed by atoms with Crippen molar-refractivity contribution < 1.29 is 23.0 Å². The first-order valence-corrected chi connectivity index (χ1v) is 13.1. The second-order valence-corrected chi connectivity index (χ2v) is 11.0. The summed E-state index contributed by atoms with van der Waals surface area (Å²) in [5.41, 5.74) is -0.489. The Morgan fingerprint density at radius 1 is 1.29 bits per heavy atom. The second-order valence-electron chi connectivity index (χ2n) is 8.36. The van der Waals surface area contributed by atoms with Crippen LogP contribution in [0.1, 0.15) is 45.9 Å². The molecular formula is C23H21F3N5O2Tl. The van der Waals surface area contributed by atoms with Gasteiger partial charge in [-0.1, -0.05) is 0 Å². The Kier molecular flexibility index (Phi) is 6.45. The van der Waals surface area contributed by atoms with Gasteiger partial charge in [0, 0.05) is 0 Å². The fourth-order valence-electron chi connectivity index (χ4n) is 3.82. The maximum atomic E-state index is 15.1. The molecule has 7 nitrogen and oxygen atoms in total. The molecule has 2 atom stereocenters. The number of hydrogen-bond acceptors (Lipinski definition) is 7. The van der Waals surface area contributed by atoms with Crippen LogP contribution in [0.3, 0.4) is 0 Å². The molecule has 0 spiro atoms. The van der Waals surface area contributed by atoms with E-state index in [0.717, 1.165) is 13.0 Å². The molecule has 0 unspecified atom stereocenters. The van der Waals surface area contributed by atoms with Crippen molar-refractivity contribution in [3.05, 3.63) is 52.6 Å². The fraction of sp³-hybridized carbons (Fsp3) is 0.391. The number of nitrogens with zero attached hydrogens (tertiary/aromatic N) is 4. The van der Waals surface area contributed by atoms with E-state index in [-0.39, 0.29) is 31.3 Å². The van der Waals surface area contributed by atoms with Gasteiger partial charge in [0.05, 0.1) is 0 Å². The number of nitrogens with one attached hydrogen (secondary N) is 1. The van der Waals surface area contributed by atoms with E-state index >= 15 is 4.39 Å². The van der Waals surface area contributed by atoms with Crippen molar-refractivity contribution in [1.29, 1.82) is 5.26 Å². The van der Waals surface area contributed by atoms with Gasteiger partial charge < -0.3 is 0 Å². The first-order chi connectivity index (χ1) is 16.0. The van der Waals surface area contributed by atoms with Crippen LogP contribution in [0, 0.1) is 24.1 Å². The number of benzene rings is 1. The number of nitriles is 1. The second kappa shape index (κ2) is 8.92. The molecule has 0 radical (unpaired) electrons. The summed E-state index contributed by atoms with van der Waals surface area (Å²) < 4.78 is 48.7. The SMILES string of the molecule is COc1nc2nc(C)nc(N[C@H]([Tl])c3cccc(C(F)(F)[C@H](C)O)c3F)c2cc1C1(C#N)CC1. The number of hydrogen-bond donors (Lipinski definition) is 2. The summed E-state index contributed by atoms with van der Waals surface area (Å²) in [5.74, 6) is -3.70. The van der Waals surface area contributed by atoms with Crippen molar-refractivity contribution in [2.45, 2.75) is 47.7 Å². The van der Waals surface area contributed by atoms with Crippen LogP contribution in [0.5, 0.6) is 5.88 Å². The number of ether oxygens (including phenoxy) is 1. The first kappa shape index (κ1) is 24.6. The maximum absolute atomic E-state index is 15.1. The Balaban J connectivity index is 1.78. The van der Waals surface area contributed by atoms with Gasteiger partial charge in [-0.15, -0.1) is 0 Å². The van der Waals surface area contributed by atoms with Gasteiger partial charge in [-0.05, 0) is 0 Å². The van der Waals surface area contributed by atoms with Crippen molar-refractivity contribution in [3.63, 3.8) is 0 Å². The molecular weight excluding hydrogens is 640 g/mol. The topological polar surface area (TPSA) is 104 Å². The summed E-state index contributed by atoms with van der Waals surface area (Å²) >= 11 is 0.0970. The van der Waals surface area contributed by atoms with E-state index in [1.165, 1.54) is 19.2 Å². The quantitative estimate of drug-likeness (QED) is 0.372. The standard InChI is InChI=1S/C23H21F3N5O2.Tl/c1-12(32)23(25,26)16-6-4-5-14(18(16)24)10-28-19-15-9-17(22(11-27)7-8-22)21(33-3)31-20(15)30-13(2)29-19;/h4-6,9-10,12,32H,7-8H2,1-3H3,(H,28,29,30,31);/t12-;/m0./s1. The molecule has 174 valence electrons. The molecule has 0 saturated heterocycles. The zero-order chi connectivity index (χ0) is 24.8. The van der Waals surface area contributed by atoms with Crippen LogP contribution >= 0.6 is 0 Å². The van der Waals surface area contributed by atoms with Crippen molar-refractivity contribution >= 4 is 42.6 Å². The zero-order valence-corrected chi connectivity index (χ0v) is 23.2. The van der Waals surface area contributed by atoms with Gasteiger partial charge >= 0.3 is 211 Å². The summed E-state index contributed by atoms with van der Waals surface area (Å²) in [6.45, 7) is 2.60. The Bertz CT molecular complexity index is 1310. The average molecular weight is 661 g/mol. The molecule has 2 N–H and O–H groups in total. The summed E-state index contributed by atoms with van der Waals surface area (Å²) in [7, 11) is 1.48. The Morgan fingerprint density at radius 2 is 2.00 bits per heavy atom. The number of pyridine rings is 1. The van der Waals surface area contributed by atoms with Crippen LogP contribution in [0.25, 0.3) is 11.0 Å². The molecule has 4 rings (SSSR count). The van der Waals surface area contributed by atoms with Crippen molar-refractivity contribution in [3.8, 4) is 11.9 Å². The number of aromatic nitrogens is 3. The van der Waals surface area contributed by atoms with Gasteiger partial charge in [0.15, 0.2) is 0 Å². The van der Waals surface area contributed by atoms with E-state index < -0.39 is 32.4 Å². The molecule has 0 amide bonds. The van der Waals surface area contributed by atoms with Crippen LogP contribution in [0.4, 0.5) is 19.0 Å². The number of anilines is 1. The molecule has 0 bridgehead atoms. The average Bonchev–Trinajstić information content (AvgIpc) is 3.59. The van der Waals surface area contributed by atoms with E-state index in [2.05, 4.69) is 26.3 Å². The number of alkyl halides is 2. The molecule has 11 heteroatoms. The van der Waals surface area contributed by atoms with E-state index in [9.17, 15) is 19.1 Å². The minimum atomic E-state index is -3.73. The molecule has 1 aromatic carbocycles. The van der Waals surface area contributed by atoms with Gasteiger partial charge in [-0.25, -0.2) is 0 Å². The van der Waals surface area contributed by atoms with Crippen molar-refractivity contribution in [1.82, 2.24) is 15.0 Å². The third-order valence-corrected chi connectivity index (χ3v) is 8.02. The van der Waals surface area contributed by atoms with E-state index in [0.29, 0.717) is 47.0 Å². The molecule has 1 saturated carbocycles. The number of aryl methyl sites for hydroxylation is 1. The van der Waals surface area contributed by atoms with Gasteiger partial charge in [-0.2, -0.15) is 0 Å². The van der Waals surface area contributed by atoms with E-state index in [1.54, 1.807) is 13.0 Å². The molecule has 1 aliphatic rings. The number of aliphatic hydroxyl groups is 1. The summed E-state index contributed by atoms with van der Waals surface area (Å²) in [6.07, 6.45) is -0.672. The predicted molar refractivity (Wildman–Crippen MR) is 119 cm³/mol. The number of fused-ring (bicyclic) bond motifs is 1. The van der Waals surface area contributed by atoms with Crippen LogP contribution in [0.15, 0.2) is 24.3 Å². The van der Waals surface area contributed by atoms with Gasteiger partial charge in [-0.3, -0.25) is 0 Å². The monoisotopic (exact) mass is 661 g/mol. The Morgan fingerprint density at radius 3 is 2.59 bits per heavy atom. The number of rotatable bonds is 7. The van der Waals surface area contributed by atoms with Crippen molar-refractivity contribution in [2.24, 2.45) is 0 Å². The first-order valence-electron chi connectivity index (χ1n) is 10.6. The predicted octanol–water partition coefficient (Wildman–Crippen LogP) is 3.79. The molecule has 3 aromatic rings. The molecule has 2 aromatic heterocycles. The van der Waals surface area contributed by atoms with Crippen LogP contribution in [-0.4, -0.2) is 59.0 Å². The van der Waals surface area contributed by atoms with E-state index in [1.807, 2.05) is 0 Å².